The van der Waals surface area contributed by atoms with E-state index in [0.29, 0.717) is 30.3 Å². The van der Waals surface area contributed by atoms with Crippen molar-refractivity contribution in [3.8, 4) is 6.07 Å². The van der Waals surface area contributed by atoms with Gasteiger partial charge in [0.05, 0.1) is 17.9 Å². The van der Waals surface area contributed by atoms with Crippen LogP contribution in [0.4, 0.5) is 17.2 Å². The number of nitrogens with zero attached hydrogens (tertiary/aromatic N) is 3. The van der Waals surface area contributed by atoms with Crippen molar-refractivity contribution in [2.75, 3.05) is 16.0 Å². The lowest BCUT2D eigenvalue weighted by atomic mass is 10.0. The second kappa shape index (κ2) is 6.79. The number of fused-ring (bicyclic) bond motifs is 1. The van der Waals surface area contributed by atoms with Crippen LogP contribution in [0.15, 0.2) is 24.4 Å². The fourth-order valence-corrected chi connectivity index (χ4v) is 4.00. The summed E-state index contributed by atoms with van der Waals surface area (Å²) < 4.78 is 0. The molecule has 3 atom stereocenters. The molecule has 1 saturated carbocycles. The van der Waals surface area contributed by atoms with Gasteiger partial charge in [-0.3, -0.25) is 9.59 Å². The van der Waals surface area contributed by atoms with Crippen molar-refractivity contribution in [3.05, 3.63) is 24.4 Å². The Morgan fingerprint density at radius 3 is 2.86 bits per heavy atom. The second-order valence-electron chi connectivity index (χ2n) is 8.01. The standard InChI is InChI=1S/C21H23N5O2/c1-11(2)18-3-4-20(27)26(18)14-5-12-7-19(24-10-16(12)17(23)8-14)25-21(28)15-6-13(15)9-22/h5,7-8,10-11,13,15,18H,3-4,6,23H2,1-2H3,(H,24,25,28)/t13-,15+,18-/m1/s1. The highest BCUT2D eigenvalue weighted by Crippen LogP contribution is 2.39. The van der Waals surface area contributed by atoms with Gasteiger partial charge in [0.15, 0.2) is 0 Å². The Bertz CT molecular complexity index is 1010. The number of amides is 2. The van der Waals surface area contributed by atoms with Crippen molar-refractivity contribution in [2.24, 2.45) is 17.8 Å². The minimum atomic E-state index is -0.257. The van der Waals surface area contributed by atoms with E-state index in [2.05, 4.69) is 30.2 Å². The lowest BCUT2D eigenvalue weighted by Gasteiger charge is -2.28. The molecule has 144 valence electrons. The van der Waals surface area contributed by atoms with Crippen LogP contribution in [0.5, 0.6) is 0 Å². The molecule has 3 N–H and O–H groups in total. The molecule has 2 aliphatic rings. The summed E-state index contributed by atoms with van der Waals surface area (Å²) in [5.41, 5.74) is 7.56. The maximum Gasteiger partial charge on any atom is 0.230 e. The number of nitrogens with two attached hydrogens (primary N) is 1. The van der Waals surface area contributed by atoms with Crippen LogP contribution >= 0.6 is 0 Å². The quantitative estimate of drug-likeness (QED) is 0.795. The van der Waals surface area contributed by atoms with E-state index in [9.17, 15) is 9.59 Å². The number of carbonyl (C=O) groups is 2. The van der Waals surface area contributed by atoms with Gasteiger partial charge < -0.3 is 16.0 Å². The van der Waals surface area contributed by atoms with Crippen molar-refractivity contribution in [1.29, 1.82) is 5.26 Å². The van der Waals surface area contributed by atoms with Crippen molar-refractivity contribution < 1.29 is 9.59 Å². The Morgan fingerprint density at radius 2 is 2.18 bits per heavy atom. The number of nitrogens with one attached hydrogen (secondary N) is 1. The number of nitriles is 1. The van der Waals surface area contributed by atoms with Crippen LogP contribution < -0.4 is 16.0 Å². The predicted molar refractivity (Wildman–Crippen MR) is 107 cm³/mol. The van der Waals surface area contributed by atoms with Gasteiger partial charge in [-0.15, -0.1) is 0 Å². The van der Waals surface area contributed by atoms with Crippen molar-refractivity contribution in [3.63, 3.8) is 0 Å². The molecule has 1 aromatic carbocycles. The highest BCUT2D eigenvalue weighted by atomic mass is 16.2. The summed E-state index contributed by atoms with van der Waals surface area (Å²) >= 11 is 0. The van der Waals surface area contributed by atoms with Crippen molar-refractivity contribution >= 4 is 39.8 Å². The van der Waals surface area contributed by atoms with Crippen LogP contribution in [0.2, 0.25) is 0 Å². The summed E-state index contributed by atoms with van der Waals surface area (Å²) in [6.07, 6.45) is 3.61. The molecule has 0 spiro atoms. The van der Waals surface area contributed by atoms with Crippen molar-refractivity contribution in [1.82, 2.24) is 4.98 Å². The van der Waals surface area contributed by atoms with Crippen LogP contribution in [0.3, 0.4) is 0 Å². The first kappa shape index (κ1) is 18.2. The third-order valence-electron chi connectivity index (χ3n) is 5.70. The monoisotopic (exact) mass is 377 g/mol. The number of anilines is 3. The molecule has 28 heavy (non-hydrogen) atoms. The summed E-state index contributed by atoms with van der Waals surface area (Å²) in [6.45, 7) is 4.23. The summed E-state index contributed by atoms with van der Waals surface area (Å²) in [5.74, 6) is 0.242. The molecule has 1 aliphatic carbocycles. The topological polar surface area (TPSA) is 112 Å². The van der Waals surface area contributed by atoms with E-state index in [4.69, 9.17) is 11.0 Å². The highest BCUT2D eigenvalue weighted by molar-refractivity contribution is 6.03. The molecule has 0 bridgehead atoms. The molecule has 1 saturated heterocycles. The van der Waals surface area contributed by atoms with Crippen molar-refractivity contribution in [2.45, 2.75) is 39.2 Å². The first-order chi connectivity index (χ1) is 13.4. The van der Waals surface area contributed by atoms with Crippen LogP contribution in [0.1, 0.15) is 33.1 Å². The minimum Gasteiger partial charge on any atom is -0.398 e. The third-order valence-corrected chi connectivity index (χ3v) is 5.70. The largest absolute Gasteiger partial charge is 0.398 e. The normalized spacial score (nSPS) is 23.9. The molecule has 7 heteroatoms. The average Bonchev–Trinajstić information content (AvgIpc) is 3.35. The Morgan fingerprint density at radius 1 is 1.39 bits per heavy atom. The zero-order valence-corrected chi connectivity index (χ0v) is 16.0. The number of nitrogen functional groups attached to an aromatic ring is 1. The van der Waals surface area contributed by atoms with E-state index < -0.39 is 0 Å². The molecular formula is C21H23N5O2. The van der Waals surface area contributed by atoms with Gasteiger partial charge in [0.2, 0.25) is 11.8 Å². The zero-order chi connectivity index (χ0) is 20.0. The van der Waals surface area contributed by atoms with Gasteiger partial charge in [-0.2, -0.15) is 5.26 Å². The number of benzene rings is 1. The Hall–Kier alpha value is -3.14. The fourth-order valence-electron chi connectivity index (χ4n) is 4.00. The van der Waals surface area contributed by atoms with Gasteiger partial charge in [-0.05, 0) is 42.3 Å². The minimum absolute atomic E-state index is 0.108. The molecule has 1 aliphatic heterocycles. The first-order valence-corrected chi connectivity index (χ1v) is 9.61. The van der Waals surface area contributed by atoms with Crippen LogP contribution in [0, 0.1) is 29.1 Å². The first-order valence-electron chi connectivity index (χ1n) is 9.61. The number of pyridine rings is 1. The maximum atomic E-state index is 12.5. The summed E-state index contributed by atoms with van der Waals surface area (Å²) in [5, 5.41) is 13.3. The zero-order valence-electron chi connectivity index (χ0n) is 16.0. The number of hydrogen-bond donors (Lipinski definition) is 2. The van der Waals surface area contributed by atoms with Crippen LogP contribution in [-0.2, 0) is 9.59 Å². The molecular weight excluding hydrogens is 354 g/mol. The smallest absolute Gasteiger partial charge is 0.230 e. The van der Waals surface area contributed by atoms with Gasteiger partial charge in [0, 0.05) is 35.4 Å². The molecule has 4 rings (SSSR count). The molecule has 0 radical (unpaired) electrons. The Labute approximate surface area is 163 Å². The van der Waals surface area contributed by atoms with E-state index >= 15 is 0 Å². The molecule has 2 aromatic rings. The lowest BCUT2D eigenvalue weighted by Crippen LogP contribution is -2.36. The Kier molecular flexibility index (Phi) is 4.42. The van der Waals surface area contributed by atoms with Gasteiger partial charge in [-0.1, -0.05) is 13.8 Å². The molecule has 7 nitrogen and oxygen atoms in total. The van der Waals surface area contributed by atoms with E-state index in [1.165, 1.54) is 0 Å². The number of hydrogen-bond acceptors (Lipinski definition) is 5. The van der Waals surface area contributed by atoms with Gasteiger partial charge in [-0.25, -0.2) is 4.98 Å². The third kappa shape index (κ3) is 3.15. The molecule has 2 heterocycles. The molecule has 1 aromatic heterocycles. The molecule has 2 fully saturated rings. The Balaban J connectivity index is 1.66. The lowest BCUT2D eigenvalue weighted by molar-refractivity contribution is -0.118. The van der Waals surface area contributed by atoms with Gasteiger partial charge in [0.25, 0.3) is 0 Å². The average molecular weight is 377 g/mol. The highest BCUT2D eigenvalue weighted by Gasteiger charge is 2.43. The fraction of sp³-hybridized carbons (Fsp3) is 0.429. The SMILES string of the molecule is CC(C)[C@H]1CCC(=O)N1c1cc(N)c2cnc(NC(=O)[C@H]3C[C@@H]3C#N)cc2c1. The summed E-state index contributed by atoms with van der Waals surface area (Å²) in [4.78, 5) is 30.8. The van der Waals surface area contributed by atoms with Gasteiger partial charge in [0.1, 0.15) is 5.82 Å². The van der Waals surface area contributed by atoms with E-state index in [1.54, 1.807) is 12.3 Å². The van der Waals surface area contributed by atoms with Crippen LogP contribution in [-0.4, -0.2) is 22.8 Å². The number of aromatic nitrogens is 1. The van der Waals surface area contributed by atoms with E-state index in [1.807, 2.05) is 17.0 Å². The molecule has 0 unspecified atom stereocenters. The second-order valence-corrected chi connectivity index (χ2v) is 8.01. The van der Waals surface area contributed by atoms with Crippen LogP contribution in [0.25, 0.3) is 10.8 Å². The summed E-state index contributed by atoms with van der Waals surface area (Å²) in [6, 6.07) is 7.78. The van der Waals surface area contributed by atoms with E-state index in [0.717, 1.165) is 22.9 Å². The summed E-state index contributed by atoms with van der Waals surface area (Å²) in [7, 11) is 0. The predicted octanol–water partition coefficient (Wildman–Crippen LogP) is 3.07. The van der Waals surface area contributed by atoms with Gasteiger partial charge >= 0.3 is 0 Å². The number of rotatable bonds is 4. The number of carbonyl (C=O) groups excluding carboxylic acids is 2. The molecule has 2 amide bonds. The van der Waals surface area contributed by atoms with E-state index in [-0.39, 0.29) is 29.7 Å². The maximum absolute atomic E-state index is 12.5.